The van der Waals surface area contributed by atoms with Crippen LogP contribution in [-0.4, -0.2) is 48.2 Å². The van der Waals surface area contributed by atoms with Crippen LogP contribution in [0, 0.1) is 10.8 Å². The van der Waals surface area contributed by atoms with E-state index in [9.17, 15) is 19.8 Å². The van der Waals surface area contributed by atoms with Gasteiger partial charge in [-0.2, -0.15) is 17.6 Å². The highest BCUT2D eigenvalue weighted by molar-refractivity contribution is 6.00. The van der Waals surface area contributed by atoms with Gasteiger partial charge in [-0.25, -0.2) is 0 Å². The number of carbonyl (C=O) groups excluding carboxylic acids is 2. The second-order valence-electron chi connectivity index (χ2n) is 9.75. The lowest BCUT2D eigenvalue weighted by Gasteiger charge is -2.40. The van der Waals surface area contributed by atoms with E-state index in [2.05, 4.69) is 4.74 Å². The average molecular weight is 583 g/mol. The van der Waals surface area contributed by atoms with Gasteiger partial charge in [0.25, 0.3) is 0 Å². The maximum Gasteiger partial charge on any atom is 0.372 e. The molecular formula is C30H34F4O7. The van der Waals surface area contributed by atoms with E-state index < -0.39 is 59.0 Å². The van der Waals surface area contributed by atoms with Crippen molar-refractivity contribution in [3.8, 4) is 11.5 Å². The van der Waals surface area contributed by atoms with Gasteiger partial charge in [0.1, 0.15) is 33.8 Å². The van der Waals surface area contributed by atoms with Crippen LogP contribution >= 0.6 is 0 Å². The number of ketones is 2. The first-order valence-corrected chi connectivity index (χ1v) is 12.7. The number of methoxy groups -OCH3 is 2. The molecule has 0 aliphatic rings. The van der Waals surface area contributed by atoms with E-state index in [-0.39, 0.29) is 11.1 Å². The lowest BCUT2D eigenvalue weighted by Crippen LogP contribution is -2.55. The maximum atomic E-state index is 15.5. The van der Waals surface area contributed by atoms with Crippen molar-refractivity contribution < 1.29 is 51.6 Å². The number of aliphatic hydroxyl groups excluding tert-OH is 2. The standard InChI is InChI=1S/C30H34F4O7/c1-7-27(3,25(37)17-23(35)19-9-13-21(39-5)14-10-19)29(31,32)41-30(33,34)28(4,8-2)26(38)18-24(36)20-11-15-22(40-6)16-12-20/h9-18,35-36H,7-8H2,1-6H3/b23-17-,24-18-. The molecule has 0 aromatic heterocycles. The molecule has 0 aliphatic carbocycles. The average Bonchev–Trinajstić information content (AvgIpc) is 2.95. The number of rotatable bonds is 14. The molecule has 2 atom stereocenters. The van der Waals surface area contributed by atoms with Crippen molar-refractivity contribution in [1.82, 2.24) is 0 Å². The van der Waals surface area contributed by atoms with Crippen molar-refractivity contribution in [3.05, 3.63) is 71.8 Å². The monoisotopic (exact) mass is 582 g/mol. The highest BCUT2D eigenvalue weighted by atomic mass is 19.3. The molecule has 2 N–H and O–H groups in total. The van der Waals surface area contributed by atoms with Crippen LogP contribution in [0.3, 0.4) is 0 Å². The molecule has 0 bridgehead atoms. The summed E-state index contributed by atoms with van der Waals surface area (Å²) in [5.41, 5.74) is -5.51. The summed E-state index contributed by atoms with van der Waals surface area (Å²) in [6.45, 7) is 3.80. The summed E-state index contributed by atoms with van der Waals surface area (Å²) in [5, 5.41) is 20.7. The molecular weight excluding hydrogens is 548 g/mol. The lowest BCUT2D eigenvalue weighted by molar-refractivity contribution is -0.424. The lowest BCUT2D eigenvalue weighted by atomic mass is 9.79. The van der Waals surface area contributed by atoms with Crippen LogP contribution in [-0.2, 0) is 14.3 Å². The Bertz CT molecular complexity index is 1190. The minimum absolute atomic E-state index is 0.0970. The van der Waals surface area contributed by atoms with Gasteiger partial charge in [0.2, 0.25) is 0 Å². The zero-order valence-corrected chi connectivity index (χ0v) is 23.6. The fourth-order valence-corrected chi connectivity index (χ4v) is 3.69. The third kappa shape index (κ3) is 6.90. The summed E-state index contributed by atoms with van der Waals surface area (Å²) in [5.74, 6) is -3.23. The Kier molecular flexibility index (Phi) is 10.4. The first kappa shape index (κ1) is 33.3. The van der Waals surface area contributed by atoms with Crippen LogP contribution in [0.25, 0.3) is 11.5 Å². The third-order valence-electron chi connectivity index (χ3n) is 7.35. The van der Waals surface area contributed by atoms with Gasteiger partial charge in [-0.05, 0) is 75.2 Å². The van der Waals surface area contributed by atoms with Crippen molar-refractivity contribution in [2.24, 2.45) is 10.8 Å². The summed E-state index contributed by atoms with van der Waals surface area (Å²) in [7, 11) is 2.83. The number of alkyl halides is 4. The molecule has 224 valence electrons. The molecule has 0 heterocycles. The van der Waals surface area contributed by atoms with Crippen LogP contribution in [0.15, 0.2) is 60.7 Å². The molecule has 0 saturated heterocycles. The summed E-state index contributed by atoms with van der Waals surface area (Å²) >= 11 is 0. The van der Waals surface area contributed by atoms with Gasteiger partial charge in [-0.3, -0.25) is 14.3 Å². The predicted molar refractivity (Wildman–Crippen MR) is 145 cm³/mol. The first-order chi connectivity index (χ1) is 19.0. The number of benzene rings is 2. The van der Waals surface area contributed by atoms with Crippen LogP contribution in [0.5, 0.6) is 11.5 Å². The number of hydrogen-bond acceptors (Lipinski definition) is 7. The van der Waals surface area contributed by atoms with E-state index in [1.54, 1.807) is 0 Å². The van der Waals surface area contributed by atoms with Gasteiger partial charge in [-0.1, -0.05) is 13.8 Å². The van der Waals surface area contributed by atoms with Crippen molar-refractivity contribution in [2.75, 3.05) is 14.2 Å². The molecule has 0 saturated carbocycles. The Hall–Kier alpha value is -3.86. The van der Waals surface area contributed by atoms with Crippen LogP contribution in [0.1, 0.15) is 51.7 Å². The Morgan fingerprint density at radius 3 is 1.22 bits per heavy atom. The van der Waals surface area contributed by atoms with Crippen molar-refractivity contribution in [1.29, 1.82) is 0 Å². The highest BCUT2D eigenvalue weighted by Crippen LogP contribution is 2.51. The molecule has 11 heteroatoms. The topological polar surface area (TPSA) is 102 Å². The molecule has 41 heavy (non-hydrogen) atoms. The second-order valence-corrected chi connectivity index (χ2v) is 9.75. The van der Waals surface area contributed by atoms with Gasteiger partial charge in [0, 0.05) is 23.3 Å². The quantitative estimate of drug-likeness (QED) is 0.136. The Morgan fingerprint density at radius 2 is 0.976 bits per heavy atom. The summed E-state index contributed by atoms with van der Waals surface area (Å²) in [6, 6.07) is 11.3. The van der Waals surface area contributed by atoms with Crippen LogP contribution in [0.2, 0.25) is 0 Å². The molecule has 0 spiro atoms. The van der Waals surface area contributed by atoms with E-state index in [1.807, 2.05) is 0 Å². The Labute approximate surface area is 236 Å². The Balaban J connectivity index is 2.38. The van der Waals surface area contributed by atoms with Crippen LogP contribution < -0.4 is 9.47 Å². The first-order valence-electron chi connectivity index (χ1n) is 12.7. The van der Waals surface area contributed by atoms with Crippen molar-refractivity contribution in [3.63, 3.8) is 0 Å². The highest BCUT2D eigenvalue weighted by Gasteiger charge is 2.65. The molecule has 0 amide bonds. The zero-order chi connectivity index (χ0) is 31.2. The predicted octanol–water partition coefficient (Wildman–Crippen LogP) is 7.37. The van der Waals surface area contributed by atoms with E-state index >= 15 is 17.6 Å². The fourth-order valence-electron chi connectivity index (χ4n) is 3.69. The van der Waals surface area contributed by atoms with Gasteiger partial charge >= 0.3 is 12.2 Å². The van der Waals surface area contributed by atoms with Gasteiger partial charge < -0.3 is 19.7 Å². The van der Waals surface area contributed by atoms with Gasteiger partial charge in [-0.15, -0.1) is 0 Å². The smallest absolute Gasteiger partial charge is 0.372 e. The number of hydrogen-bond donors (Lipinski definition) is 2. The minimum Gasteiger partial charge on any atom is -0.507 e. The number of aliphatic hydroxyl groups is 2. The summed E-state index contributed by atoms with van der Waals surface area (Å²) < 4.78 is 75.9. The van der Waals surface area contributed by atoms with Crippen molar-refractivity contribution in [2.45, 2.75) is 52.8 Å². The Morgan fingerprint density at radius 1 is 0.683 bits per heavy atom. The van der Waals surface area contributed by atoms with E-state index in [0.717, 1.165) is 13.8 Å². The summed E-state index contributed by atoms with van der Waals surface area (Å²) in [6.07, 6.45) is -9.87. The number of allylic oxidation sites excluding steroid dienone is 2. The van der Waals surface area contributed by atoms with E-state index in [0.29, 0.717) is 23.7 Å². The molecule has 2 unspecified atom stereocenters. The second kappa shape index (κ2) is 12.8. The van der Waals surface area contributed by atoms with Gasteiger partial charge in [0.15, 0.2) is 11.6 Å². The molecule has 2 aromatic carbocycles. The van der Waals surface area contributed by atoms with Crippen molar-refractivity contribution >= 4 is 23.1 Å². The normalized spacial score (nSPS) is 16.0. The minimum atomic E-state index is -4.79. The molecule has 0 radical (unpaired) electrons. The largest absolute Gasteiger partial charge is 0.507 e. The molecule has 7 nitrogen and oxygen atoms in total. The number of ether oxygens (including phenoxy) is 3. The molecule has 2 aromatic rings. The maximum absolute atomic E-state index is 15.5. The van der Waals surface area contributed by atoms with Gasteiger partial charge in [0.05, 0.1) is 14.2 Å². The van der Waals surface area contributed by atoms with E-state index in [4.69, 9.17) is 9.47 Å². The number of halogens is 4. The fraction of sp³-hybridized carbons (Fsp3) is 0.400. The van der Waals surface area contributed by atoms with Crippen LogP contribution in [0.4, 0.5) is 17.6 Å². The summed E-state index contributed by atoms with van der Waals surface area (Å²) in [4.78, 5) is 25.9. The third-order valence-corrected chi connectivity index (χ3v) is 7.35. The van der Waals surface area contributed by atoms with E-state index in [1.165, 1.54) is 76.6 Å². The number of carbonyl (C=O) groups is 2. The molecule has 2 rings (SSSR count). The molecule has 0 aliphatic heterocycles. The zero-order valence-electron chi connectivity index (χ0n) is 23.6. The SMILES string of the molecule is CCC(C)(C(=O)/C=C(\O)c1ccc(OC)cc1)C(F)(F)OC(F)(F)C(C)(CC)C(=O)/C=C(\O)c1ccc(OC)cc1. The molecule has 0 fully saturated rings.